The van der Waals surface area contributed by atoms with E-state index in [1.807, 2.05) is 12.3 Å². The lowest BCUT2D eigenvalue weighted by Crippen LogP contribution is -2.42. The third-order valence-corrected chi connectivity index (χ3v) is 7.53. The van der Waals surface area contributed by atoms with Crippen LogP contribution in [0.3, 0.4) is 0 Å². The van der Waals surface area contributed by atoms with Crippen LogP contribution in [-0.4, -0.2) is 54.9 Å². The molecule has 9 heteroatoms. The average Bonchev–Trinajstić information content (AvgIpc) is 3.40. The number of nitrogens with zero attached hydrogens (tertiary/aromatic N) is 2. The number of fused-ring (bicyclic) bond motifs is 1. The van der Waals surface area contributed by atoms with Crippen molar-refractivity contribution in [1.82, 2.24) is 9.78 Å². The highest BCUT2D eigenvalue weighted by Gasteiger charge is 2.36. The first-order valence-corrected chi connectivity index (χ1v) is 14.8. The van der Waals surface area contributed by atoms with Gasteiger partial charge in [-0.3, -0.25) is 4.68 Å². The van der Waals surface area contributed by atoms with Crippen LogP contribution in [0.15, 0.2) is 22.8 Å². The van der Waals surface area contributed by atoms with Crippen LogP contribution in [0.25, 0.3) is 10.9 Å². The molecule has 1 saturated heterocycles. The van der Waals surface area contributed by atoms with Crippen molar-refractivity contribution in [2.24, 2.45) is 11.3 Å². The second-order valence-corrected chi connectivity index (χ2v) is 10.5. The summed E-state index contributed by atoms with van der Waals surface area (Å²) in [6.45, 7) is 13.2. The molecule has 0 radical (unpaired) electrons. The molecule has 0 amide bonds. The first-order valence-electron chi connectivity index (χ1n) is 10.00. The number of ether oxygens (including phenoxy) is 2. The monoisotopic (exact) mass is 486 g/mol. The number of hydrogen-bond donors (Lipinski definition) is 0. The van der Waals surface area contributed by atoms with Crippen molar-refractivity contribution in [2.45, 2.75) is 52.8 Å². The first-order chi connectivity index (χ1) is 13.4. The van der Waals surface area contributed by atoms with Crippen LogP contribution in [0, 0.1) is 11.3 Å². The minimum atomic E-state index is -0.538. The Labute approximate surface area is 180 Å². The zero-order valence-electron chi connectivity index (χ0n) is 17.4. The molecule has 1 aliphatic heterocycles. The van der Waals surface area contributed by atoms with E-state index < -0.39 is 19.5 Å². The van der Waals surface area contributed by atoms with Gasteiger partial charge in [0, 0.05) is 17.3 Å². The quantitative estimate of drug-likeness (QED) is 0.277. The summed E-state index contributed by atoms with van der Waals surface area (Å²) in [5, 5.41) is 5.75. The number of hydrogen-bond acceptors (Lipinski definition) is 5. The van der Waals surface area contributed by atoms with E-state index in [1.54, 1.807) is 0 Å². The van der Waals surface area contributed by atoms with Crippen LogP contribution < -0.4 is 4.74 Å². The summed E-state index contributed by atoms with van der Waals surface area (Å²) in [6.07, 6.45) is 2.02. The number of halogens is 1. The van der Waals surface area contributed by atoms with Crippen molar-refractivity contribution in [1.29, 1.82) is 0 Å². The lowest BCUT2D eigenvalue weighted by molar-refractivity contribution is -0.104. The van der Waals surface area contributed by atoms with E-state index >= 15 is 0 Å². The summed E-state index contributed by atoms with van der Waals surface area (Å²) < 4.78 is 26.3. The molecule has 1 aromatic carbocycles. The fourth-order valence-electron chi connectivity index (χ4n) is 3.22. The number of rotatable bonds is 11. The first kappa shape index (κ1) is 22.0. The highest BCUT2D eigenvalue weighted by molar-refractivity contribution is 9.10. The summed E-state index contributed by atoms with van der Waals surface area (Å²) in [4.78, 5) is 0. The molecule has 156 valence electrons. The van der Waals surface area contributed by atoms with E-state index in [2.05, 4.69) is 65.6 Å². The summed E-state index contributed by atoms with van der Waals surface area (Å²) in [7, 11) is -1.08. The normalized spacial score (nSPS) is 19.9. The van der Waals surface area contributed by atoms with Gasteiger partial charge in [0.25, 0.3) is 0 Å². The smallest absolute Gasteiger partial charge is 0.161 e. The van der Waals surface area contributed by atoms with Crippen LogP contribution in [0.1, 0.15) is 20.8 Å². The predicted octanol–water partition coefficient (Wildman–Crippen LogP) is 2.86. The van der Waals surface area contributed by atoms with Crippen molar-refractivity contribution in [2.75, 3.05) is 13.2 Å². The molecular weight excluding hydrogens is 456 g/mol. The van der Waals surface area contributed by atoms with Crippen molar-refractivity contribution in [3.63, 3.8) is 0 Å². The largest absolute Gasteiger partial charge is 0.490 e. The van der Waals surface area contributed by atoms with Crippen LogP contribution in [0.5, 0.6) is 5.75 Å². The Morgan fingerprint density at radius 1 is 1.32 bits per heavy atom. The fourth-order valence-corrected chi connectivity index (χ4v) is 5.75. The highest BCUT2D eigenvalue weighted by atomic mass is 79.9. The summed E-state index contributed by atoms with van der Waals surface area (Å²) >= 11 is 3.74. The van der Waals surface area contributed by atoms with Gasteiger partial charge in [-0.15, -0.1) is 0 Å². The molecule has 0 spiro atoms. The number of benzene rings is 1. The molecule has 28 heavy (non-hydrogen) atoms. The maximum Gasteiger partial charge on any atom is 0.161 e. The van der Waals surface area contributed by atoms with Gasteiger partial charge in [-0.05, 0) is 34.0 Å². The average molecular weight is 488 g/mol. The Bertz CT molecular complexity index is 792. The van der Waals surface area contributed by atoms with Gasteiger partial charge in [0.15, 0.2) is 19.5 Å². The van der Waals surface area contributed by atoms with E-state index in [9.17, 15) is 0 Å². The Morgan fingerprint density at radius 3 is 2.61 bits per heavy atom. The molecule has 2 aromatic rings. The highest BCUT2D eigenvalue weighted by Crippen LogP contribution is 2.37. The minimum absolute atomic E-state index is 0.103. The van der Waals surface area contributed by atoms with E-state index in [0.717, 1.165) is 34.3 Å². The van der Waals surface area contributed by atoms with E-state index in [-0.39, 0.29) is 17.8 Å². The van der Waals surface area contributed by atoms with Gasteiger partial charge in [0.05, 0.1) is 22.8 Å². The molecule has 1 aliphatic rings. The zero-order valence-corrected chi connectivity index (χ0v) is 21.8. The summed E-state index contributed by atoms with van der Waals surface area (Å²) in [6, 6.07) is 4.05. The molecule has 3 rings (SSSR count). The van der Waals surface area contributed by atoms with Gasteiger partial charge in [-0.25, -0.2) is 0 Å². The maximum absolute atomic E-state index is 6.06. The van der Waals surface area contributed by atoms with Crippen LogP contribution in [-0.2, 0) is 20.1 Å². The van der Waals surface area contributed by atoms with Crippen molar-refractivity contribution in [3.05, 3.63) is 22.8 Å². The molecule has 0 N–H and O–H groups in total. The van der Waals surface area contributed by atoms with E-state index in [1.165, 1.54) is 0 Å². The van der Waals surface area contributed by atoms with Crippen molar-refractivity contribution < 1.29 is 18.3 Å². The van der Waals surface area contributed by atoms with Crippen LogP contribution >= 0.6 is 15.9 Å². The lowest BCUT2D eigenvalue weighted by Gasteiger charge is -2.39. The van der Waals surface area contributed by atoms with E-state index in [4.69, 9.17) is 18.3 Å². The Kier molecular flexibility index (Phi) is 7.38. The molecule has 2 heterocycles. The molecule has 0 aliphatic carbocycles. The molecular formula is C19H31BrN2O4Si2. The minimum Gasteiger partial charge on any atom is -0.490 e. The summed E-state index contributed by atoms with van der Waals surface area (Å²) in [5.41, 5.74) is 0.957. The number of aromatic nitrogens is 2. The van der Waals surface area contributed by atoms with Crippen LogP contribution in [0.4, 0.5) is 0 Å². The third-order valence-electron chi connectivity index (χ3n) is 5.49. The standard InChI is InChI=1S/C19H31BrN2O4Si2/c1-12(19(2,3)18(25-27-4)26-28-5)9-22-17-13(8-21-22)6-7-15(16(17)20)24-11-14-10-23-14/h6-8,12,14,18H,9-11,27-28H2,1-5H3/t12-,14?/m1/s1. The third kappa shape index (κ3) is 4.88. The zero-order chi connectivity index (χ0) is 20.3. The van der Waals surface area contributed by atoms with Gasteiger partial charge < -0.3 is 18.3 Å². The van der Waals surface area contributed by atoms with Gasteiger partial charge >= 0.3 is 0 Å². The lowest BCUT2D eigenvalue weighted by atomic mass is 9.79. The van der Waals surface area contributed by atoms with Crippen LogP contribution in [0.2, 0.25) is 13.1 Å². The van der Waals surface area contributed by atoms with E-state index in [0.29, 0.717) is 12.5 Å². The SMILES string of the molecule is C[SiH2]OC(O[SiH2]C)C(C)(C)[C@H](C)Cn1ncc2ccc(OCC3CO3)c(Br)c21. The summed E-state index contributed by atoms with van der Waals surface area (Å²) in [5.74, 6) is 1.15. The Balaban J connectivity index is 1.81. The Hall–Kier alpha value is -0.716. The molecule has 1 aromatic heterocycles. The van der Waals surface area contributed by atoms with Crippen molar-refractivity contribution in [3.8, 4) is 5.75 Å². The Morgan fingerprint density at radius 2 is 2.00 bits per heavy atom. The second-order valence-electron chi connectivity index (χ2n) is 7.87. The fraction of sp³-hybridized carbons (Fsp3) is 0.632. The van der Waals surface area contributed by atoms with Gasteiger partial charge in [0.2, 0.25) is 0 Å². The molecule has 0 saturated carbocycles. The van der Waals surface area contributed by atoms with Gasteiger partial charge in [-0.2, -0.15) is 5.10 Å². The second kappa shape index (κ2) is 9.40. The van der Waals surface area contributed by atoms with Gasteiger partial charge in [-0.1, -0.05) is 33.9 Å². The topological polar surface area (TPSA) is 58.0 Å². The predicted molar refractivity (Wildman–Crippen MR) is 120 cm³/mol. The molecule has 2 atom stereocenters. The molecule has 0 bridgehead atoms. The maximum atomic E-state index is 6.06. The molecule has 6 nitrogen and oxygen atoms in total. The van der Waals surface area contributed by atoms with Crippen molar-refractivity contribution >= 4 is 46.4 Å². The van der Waals surface area contributed by atoms with Gasteiger partial charge in [0.1, 0.15) is 24.8 Å². The number of epoxide rings is 1. The molecule has 1 fully saturated rings. The molecule has 1 unspecified atom stereocenters.